The molecule has 0 aromatic carbocycles. The van der Waals surface area contributed by atoms with E-state index in [4.69, 9.17) is 0 Å². The van der Waals surface area contributed by atoms with Gasteiger partial charge in [0, 0.05) is 5.57 Å². The van der Waals surface area contributed by atoms with Crippen LogP contribution in [0.3, 0.4) is 0 Å². The summed E-state index contributed by atoms with van der Waals surface area (Å²) in [6.07, 6.45) is -21.2. The SMILES string of the molecule is C=C(C)C(=O)OCCC(F)(F)C(F)(F)C(F)(F)C(F)(F)C(F)(F)C(F)(F)C(F)(F)C(F)(F)C(F)(F)C(F)(F)C(F)(F)C(F)(F)C(F)(F)C(F)(F)C(F)(C(F)(F)F)C(F)(F)F. The lowest BCUT2D eigenvalue weighted by molar-refractivity contribution is -0.493. The molecule has 0 saturated carbocycles. The van der Waals surface area contributed by atoms with Crippen molar-refractivity contribution in [2.75, 3.05) is 6.61 Å². The second-order valence-electron chi connectivity index (χ2n) is 11.5. The summed E-state index contributed by atoms with van der Waals surface area (Å²) in [6.45, 7) is 0.833. The highest BCUT2D eigenvalue weighted by atomic mass is 19.4. The molecule has 37 heteroatoms. The number of hydrogen-bond acceptors (Lipinski definition) is 2. The number of rotatable bonds is 18. The fourth-order valence-corrected chi connectivity index (χ4v) is 3.68. The van der Waals surface area contributed by atoms with Crippen LogP contribution in [0.25, 0.3) is 0 Å². The highest BCUT2D eigenvalue weighted by Gasteiger charge is 3.02. The molecule has 0 amide bonds. The number of carbonyl (C=O) groups excluding carboxylic acids is 1. The van der Waals surface area contributed by atoms with Crippen LogP contribution in [-0.2, 0) is 9.53 Å². The van der Waals surface area contributed by atoms with Crippen molar-refractivity contribution in [2.45, 2.75) is 114 Å². The lowest BCUT2D eigenvalue weighted by Gasteiger charge is -2.47. The topological polar surface area (TPSA) is 26.3 Å². The molecular formula is C23H9F35O2. The van der Waals surface area contributed by atoms with Crippen LogP contribution in [0.15, 0.2) is 12.2 Å². The molecule has 0 saturated heterocycles. The Balaban J connectivity index is 7.73. The van der Waals surface area contributed by atoms with E-state index in [1.165, 1.54) is 0 Å². The molecule has 0 fully saturated rings. The van der Waals surface area contributed by atoms with Crippen molar-refractivity contribution in [3.8, 4) is 0 Å². The highest BCUT2D eigenvalue weighted by molar-refractivity contribution is 5.86. The van der Waals surface area contributed by atoms with Crippen molar-refractivity contribution < 1.29 is 163 Å². The lowest BCUT2D eigenvalue weighted by atomic mass is 9.81. The van der Waals surface area contributed by atoms with E-state index in [-0.39, 0.29) is 0 Å². The van der Waals surface area contributed by atoms with Gasteiger partial charge in [-0.3, -0.25) is 0 Å². The largest absolute Gasteiger partial charge is 0.462 e. The van der Waals surface area contributed by atoms with E-state index in [0.29, 0.717) is 6.92 Å². The van der Waals surface area contributed by atoms with Crippen LogP contribution < -0.4 is 0 Å². The van der Waals surface area contributed by atoms with Gasteiger partial charge in [0.2, 0.25) is 0 Å². The first-order valence-corrected chi connectivity index (χ1v) is 13.3. The van der Waals surface area contributed by atoms with Crippen LogP contribution >= 0.6 is 0 Å². The number of halogens is 35. The van der Waals surface area contributed by atoms with E-state index in [0.717, 1.165) is 0 Å². The third kappa shape index (κ3) is 6.87. The first-order valence-electron chi connectivity index (χ1n) is 13.3. The first-order chi connectivity index (χ1) is 25.3. The summed E-state index contributed by atoms with van der Waals surface area (Å²) < 4.78 is 481. The normalized spacial score (nSPS) is 16.6. The van der Waals surface area contributed by atoms with Gasteiger partial charge in [-0.05, 0) is 6.92 Å². The van der Waals surface area contributed by atoms with Gasteiger partial charge in [-0.25, -0.2) is 9.18 Å². The minimum absolute atomic E-state index is 0.600. The fraction of sp³-hybridized carbons (Fsp3) is 0.870. The van der Waals surface area contributed by atoms with Crippen molar-refractivity contribution in [1.29, 1.82) is 0 Å². The highest BCUT2D eigenvalue weighted by Crippen LogP contribution is 2.70. The van der Waals surface area contributed by atoms with Gasteiger partial charge in [0.05, 0.1) is 13.0 Å². The molecule has 0 aromatic rings. The number of hydrogen-bond donors (Lipinski definition) is 0. The Hall–Kier alpha value is -3.24. The van der Waals surface area contributed by atoms with Crippen molar-refractivity contribution in [1.82, 2.24) is 0 Å². The Morgan fingerprint density at radius 2 is 0.533 bits per heavy atom. The van der Waals surface area contributed by atoms with Gasteiger partial charge in [0.1, 0.15) is 0 Å². The summed E-state index contributed by atoms with van der Waals surface area (Å²) >= 11 is 0. The molecule has 0 rings (SSSR count). The molecule has 0 aliphatic heterocycles. The van der Waals surface area contributed by atoms with E-state index >= 15 is 0 Å². The molecular weight excluding hydrogens is 973 g/mol. The maximum Gasteiger partial charge on any atom is 0.438 e. The van der Waals surface area contributed by atoms with Gasteiger partial charge in [0.15, 0.2) is 0 Å². The lowest BCUT2D eigenvalue weighted by Crippen LogP contribution is -2.80. The maximum atomic E-state index is 14.0. The molecule has 0 spiro atoms. The van der Waals surface area contributed by atoms with Crippen molar-refractivity contribution in [3.63, 3.8) is 0 Å². The van der Waals surface area contributed by atoms with Crippen LogP contribution in [0, 0.1) is 0 Å². The summed E-state index contributed by atoms with van der Waals surface area (Å²) in [7, 11) is 0. The number of alkyl halides is 35. The Morgan fingerprint density at radius 3 is 0.717 bits per heavy atom. The molecule has 60 heavy (non-hydrogen) atoms. The Bertz CT molecular complexity index is 1580. The Morgan fingerprint density at radius 1 is 0.350 bits per heavy atom. The van der Waals surface area contributed by atoms with Gasteiger partial charge in [-0.2, -0.15) is 149 Å². The van der Waals surface area contributed by atoms with E-state index in [1.807, 2.05) is 0 Å². The van der Waals surface area contributed by atoms with E-state index in [1.54, 1.807) is 0 Å². The summed E-state index contributed by atoms with van der Waals surface area (Å²) in [5.41, 5.74) is -10.4. The van der Waals surface area contributed by atoms with Gasteiger partial charge in [-0.15, -0.1) is 0 Å². The minimum atomic E-state index is -10.4. The summed E-state index contributed by atoms with van der Waals surface area (Å²) in [5, 5.41) is 0. The first kappa shape index (κ1) is 56.8. The van der Waals surface area contributed by atoms with Gasteiger partial charge in [0.25, 0.3) is 0 Å². The third-order valence-electron chi connectivity index (χ3n) is 7.40. The number of esters is 1. The van der Waals surface area contributed by atoms with Crippen molar-refractivity contribution in [2.24, 2.45) is 0 Å². The number of ether oxygens (including phenoxy) is 1. The number of carbonyl (C=O) groups is 1. The quantitative estimate of drug-likeness (QED) is 0.0777. The monoisotopic (exact) mass is 982 g/mol. The van der Waals surface area contributed by atoms with Crippen LogP contribution in [-0.4, -0.2) is 114 Å². The van der Waals surface area contributed by atoms with Crippen molar-refractivity contribution in [3.05, 3.63) is 12.2 Å². The molecule has 0 N–H and O–H groups in total. The van der Waals surface area contributed by atoms with Gasteiger partial charge >= 0.3 is 107 Å². The van der Waals surface area contributed by atoms with Crippen molar-refractivity contribution >= 4 is 5.97 Å². The predicted octanol–water partition coefficient (Wildman–Crippen LogP) is 12.2. The second kappa shape index (κ2) is 14.4. The zero-order valence-electron chi connectivity index (χ0n) is 26.7. The second-order valence-corrected chi connectivity index (χ2v) is 11.5. The summed E-state index contributed by atoms with van der Waals surface area (Å²) in [5.74, 6) is -139. The van der Waals surface area contributed by atoms with Gasteiger partial charge < -0.3 is 4.74 Å². The standard InChI is InChI=1S/C23H9F35O2/c1-5(2)6(59)60-4-3-7(24,25)9(27,28)11(31,32)13(35,36)15(39,40)17(43,44)19(47,48)21(51,52)20(49,50)18(45,46)16(41,42)14(37,38)12(33,34)10(29,30)8(26,22(53,54)55)23(56,57)58/h1,3-4H2,2H3. The molecule has 0 aliphatic rings. The fourth-order valence-electron chi connectivity index (χ4n) is 3.68. The molecule has 0 heterocycles. The molecule has 0 radical (unpaired) electrons. The smallest absolute Gasteiger partial charge is 0.438 e. The third-order valence-corrected chi connectivity index (χ3v) is 7.40. The molecule has 0 aliphatic carbocycles. The zero-order valence-corrected chi connectivity index (χ0v) is 26.7. The Labute approximate surface area is 303 Å². The summed E-state index contributed by atoms with van der Waals surface area (Å²) in [4.78, 5) is 11.0. The van der Waals surface area contributed by atoms with Gasteiger partial charge in [-0.1, -0.05) is 6.58 Å². The minimum Gasteiger partial charge on any atom is -0.462 e. The maximum absolute atomic E-state index is 14.0. The van der Waals surface area contributed by atoms with E-state index < -0.39 is 126 Å². The predicted molar refractivity (Wildman–Crippen MR) is 116 cm³/mol. The summed E-state index contributed by atoms with van der Waals surface area (Å²) in [6, 6.07) is 0. The average molecular weight is 982 g/mol. The molecule has 0 unspecified atom stereocenters. The molecule has 2 nitrogen and oxygen atoms in total. The zero-order chi connectivity index (χ0) is 49.8. The molecule has 358 valence electrons. The molecule has 0 aromatic heterocycles. The van der Waals surface area contributed by atoms with E-state index in [9.17, 15) is 158 Å². The van der Waals surface area contributed by atoms with Crippen LogP contribution in [0.4, 0.5) is 154 Å². The molecule has 0 atom stereocenters. The molecule has 0 bridgehead atoms. The van der Waals surface area contributed by atoms with Crippen LogP contribution in [0.5, 0.6) is 0 Å². The van der Waals surface area contributed by atoms with E-state index in [2.05, 4.69) is 11.3 Å². The average Bonchev–Trinajstić information content (AvgIpc) is 3.01. The van der Waals surface area contributed by atoms with Crippen LogP contribution in [0.2, 0.25) is 0 Å². The Kier molecular flexibility index (Phi) is 13.6. The van der Waals surface area contributed by atoms with Crippen LogP contribution in [0.1, 0.15) is 13.3 Å².